The Kier molecular flexibility index (Phi) is 8.74. The van der Waals surface area contributed by atoms with Crippen molar-refractivity contribution < 1.29 is 22.0 Å². The molecule has 216 valence electrons. The Hall–Kier alpha value is -2.56. The van der Waals surface area contributed by atoms with Gasteiger partial charge < -0.3 is 4.90 Å². The van der Waals surface area contributed by atoms with Gasteiger partial charge in [-0.1, -0.05) is 48.0 Å². The maximum absolute atomic E-state index is 14.6. The van der Waals surface area contributed by atoms with Crippen LogP contribution in [-0.2, 0) is 16.4 Å². The van der Waals surface area contributed by atoms with Gasteiger partial charge in [-0.25, -0.2) is 21.6 Å². The highest BCUT2D eigenvalue weighted by atomic mass is 35.5. The zero-order valence-corrected chi connectivity index (χ0v) is 25.6. The summed E-state index contributed by atoms with van der Waals surface area (Å²) < 4.78 is 55.7. The van der Waals surface area contributed by atoms with Crippen LogP contribution in [0.1, 0.15) is 40.9 Å². The number of amides is 1. The number of sulfone groups is 1. The molecule has 1 saturated carbocycles. The molecule has 11 heteroatoms. The first-order valence-corrected chi connectivity index (χ1v) is 16.5. The number of hydrogen-bond donors (Lipinski definition) is 0. The second kappa shape index (κ2) is 12.0. The molecule has 1 heterocycles. The molecule has 0 saturated heterocycles. The van der Waals surface area contributed by atoms with E-state index in [1.54, 1.807) is 33.6 Å². The highest BCUT2D eigenvalue weighted by molar-refractivity contribution is 7.90. The van der Waals surface area contributed by atoms with E-state index in [9.17, 15) is 22.0 Å². The Morgan fingerprint density at radius 3 is 2.29 bits per heavy atom. The van der Waals surface area contributed by atoms with Crippen LogP contribution in [0.15, 0.2) is 65.6 Å². The van der Waals surface area contributed by atoms with Crippen LogP contribution in [0.25, 0.3) is 21.2 Å². The molecule has 1 fully saturated rings. The predicted octanol–water partition coefficient (Wildman–Crippen LogP) is 7.94. The summed E-state index contributed by atoms with van der Waals surface area (Å²) in [4.78, 5) is 16.1. The molecule has 3 aromatic carbocycles. The zero-order chi connectivity index (χ0) is 29.5. The van der Waals surface area contributed by atoms with Crippen molar-refractivity contribution in [2.45, 2.75) is 49.2 Å². The third-order valence-corrected chi connectivity index (χ3v) is 10.7. The second-order valence-corrected chi connectivity index (χ2v) is 14.3. The summed E-state index contributed by atoms with van der Waals surface area (Å²) in [5, 5.41) is -0.186. The number of fused-ring (bicyclic) bond motifs is 1. The maximum Gasteiger partial charge on any atom is 0.266 e. The molecule has 0 N–H and O–H groups in total. The van der Waals surface area contributed by atoms with Crippen LogP contribution in [0.5, 0.6) is 0 Å². The van der Waals surface area contributed by atoms with Crippen molar-refractivity contribution in [1.82, 2.24) is 9.32 Å². The lowest BCUT2D eigenvalue weighted by molar-refractivity contribution is 0.0591. The predicted molar refractivity (Wildman–Crippen MR) is 161 cm³/mol. The van der Waals surface area contributed by atoms with Gasteiger partial charge >= 0.3 is 0 Å². The lowest BCUT2D eigenvalue weighted by atomic mass is 9.89. The summed E-state index contributed by atoms with van der Waals surface area (Å²) in [5.41, 5.74) is 2.05. The zero-order valence-electron chi connectivity index (χ0n) is 22.4. The average Bonchev–Trinajstić information content (AvgIpc) is 3.31. The molecule has 1 aliphatic rings. The van der Waals surface area contributed by atoms with Gasteiger partial charge in [0, 0.05) is 37.5 Å². The molecule has 1 aliphatic carbocycles. The topological polar surface area (TPSA) is 57.7 Å². The molecule has 0 radical (unpaired) electrons. The Balaban J connectivity index is 1.54. The molecule has 0 aliphatic heterocycles. The van der Waals surface area contributed by atoms with Crippen LogP contribution < -0.4 is 0 Å². The normalized spacial score (nSPS) is 17.7. The fraction of sp³-hybridized carbons (Fsp3) is 0.300. The van der Waals surface area contributed by atoms with E-state index in [2.05, 4.69) is 0 Å². The summed E-state index contributed by atoms with van der Waals surface area (Å²) >= 11 is 13.6. The van der Waals surface area contributed by atoms with Crippen LogP contribution in [0, 0.1) is 11.6 Å². The quantitative estimate of drug-likeness (QED) is 0.193. The van der Waals surface area contributed by atoms with E-state index in [0.717, 1.165) is 41.9 Å². The van der Waals surface area contributed by atoms with Crippen molar-refractivity contribution in [3.8, 4) is 11.1 Å². The van der Waals surface area contributed by atoms with E-state index in [-0.39, 0.29) is 43.5 Å². The van der Waals surface area contributed by atoms with Gasteiger partial charge in [0.05, 0.1) is 20.0 Å². The van der Waals surface area contributed by atoms with Crippen molar-refractivity contribution in [3.63, 3.8) is 0 Å². The van der Waals surface area contributed by atoms with Crippen LogP contribution in [0.3, 0.4) is 0 Å². The van der Waals surface area contributed by atoms with E-state index in [4.69, 9.17) is 23.4 Å². The van der Waals surface area contributed by atoms with Crippen molar-refractivity contribution in [2.24, 2.45) is 0 Å². The minimum absolute atomic E-state index is 0.00477. The Morgan fingerprint density at radius 2 is 1.63 bits per heavy atom. The highest BCUT2D eigenvalue weighted by Gasteiger charge is 2.33. The third-order valence-electron chi connectivity index (χ3n) is 7.62. The number of halogens is 4. The lowest BCUT2D eigenvalue weighted by Crippen LogP contribution is -2.44. The van der Waals surface area contributed by atoms with Gasteiger partial charge in [-0.15, -0.1) is 11.3 Å². The summed E-state index contributed by atoms with van der Waals surface area (Å²) in [7, 11) is -1.66. The molecule has 0 unspecified atom stereocenters. The summed E-state index contributed by atoms with van der Waals surface area (Å²) in [6.07, 6.45) is 4.11. The minimum atomic E-state index is -3.47. The largest absolute Gasteiger partial charge is 0.331 e. The van der Waals surface area contributed by atoms with E-state index >= 15 is 0 Å². The summed E-state index contributed by atoms with van der Waals surface area (Å²) in [6.45, 7) is 0.204. The van der Waals surface area contributed by atoms with E-state index in [1.807, 2.05) is 31.3 Å². The molecule has 5 nitrogen and oxygen atoms in total. The number of thiophene rings is 1. The molecular formula is C30H28Cl2F2N2O3S2. The number of rotatable bonds is 7. The first-order chi connectivity index (χ1) is 19.5. The third kappa shape index (κ3) is 6.15. The van der Waals surface area contributed by atoms with Gasteiger partial charge in [0.25, 0.3) is 5.91 Å². The van der Waals surface area contributed by atoms with Crippen LogP contribution in [0.4, 0.5) is 8.78 Å². The monoisotopic (exact) mass is 636 g/mol. The number of benzene rings is 3. The van der Waals surface area contributed by atoms with E-state index in [1.165, 1.54) is 6.26 Å². The van der Waals surface area contributed by atoms with Gasteiger partial charge in [0.1, 0.15) is 16.5 Å². The van der Waals surface area contributed by atoms with Crippen molar-refractivity contribution in [2.75, 3.05) is 13.3 Å². The lowest BCUT2D eigenvalue weighted by Gasteiger charge is -2.38. The molecule has 1 amide bonds. The van der Waals surface area contributed by atoms with E-state index in [0.29, 0.717) is 24.0 Å². The SMILES string of the molecule is CN(Cl)[C@H]1CC[C@H](N(Cc2cccc(-c3ccccc3S(C)(=O)=O)c2)C(=O)c2sc3c(F)ccc(F)c3c2Cl)CC1. The smallest absolute Gasteiger partial charge is 0.266 e. The van der Waals surface area contributed by atoms with Gasteiger partial charge in [0.2, 0.25) is 0 Å². The molecule has 41 heavy (non-hydrogen) atoms. The molecule has 4 aromatic rings. The Morgan fingerprint density at radius 1 is 0.976 bits per heavy atom. The average molecular weight is 638 g/mol. The Labute approximate surface area is 252 Å². The maximum atomic E-state index is 14.6. The number of carbonyl (C=O) groups excluding carboxylic acids is 1. The second-order valence-electron chi connectivity index (χ2n) is 10.4. The fourth-order valence-electron chi connectivity index (χ4n) is 5.52. The Bertz CT molecular complexity index is 1720. The summed E-state index contributed by atoms with van der Waals surface area (Å²) in [5.74, 6) is -1.72. The van der Waals surface area contributed by atoms with Gasteiger partial charge in [-0.3, -0.25) is 4.79 Å². The first kappa shape index (κ1) is 29.9. The number of hydrogen-bond acceptors (Lipinski definition) is 5. The van der Waals surface area contributed by atoms with Crippen molar-refractivity contribution in [3.05, 3.63) is 87.8 Å². The summed E-state index contributed by atoms with van der Waals surface area (Å²) in [6, 6.07) is 16.2. The highest BCUT2D eigenvalue weighted by Crippen LogP contribution is 2.40. The van der Waals surface area contributed by atoms with Gasteiger partial charge in [-0.2, -0.15) is 0 Å². The van der Waals surface area contributed by atoms with Crippen molar-refractivity contribution in [1.29, 1.82) is 0 Å². The molecule has 5 rings (SSSR count). The minimum Gasteiger partial charge on any atom is -0.331 e. The number of carbonyl (C=O) groups is 1. The van der Waals surface area contributed by atoms with E-state index < -0.39 is 27.4 Å². The van der Waals surface area contributed by atoms with Crippen LogP contribution >= 0.6 is 34.7 Å². The molecule has 0 atom stereocenters. The number of nitrogens with zero attached hydrogens (tertiary/aromatic N) is 2. The molecule has 0 spiro atoms. The van der Waals surface area contributed by atoms with Gasteiger partial charge in [-0.05, 0) is 72.9 Å². The fourth-order valence-corrected chi connectivity index (χ4v) is 8.13. The van der Waals surface area contributed by atoms with Crippen LogP contribution in [0.2, 0.25) is 5.02 Å². The molecule has 1 aromatic heterocycles. The molecule has 0 bridgehead atoms. The van der Waals surface area contributed by atoms with Crippen LogP contribution in [-0.4, -0.2) is 49.0 Å². The first-order valence-electron chi connectivity index (χ1n) is 13.1. The molecular weight excluding hydrogens is 609 g/mol. The standard InChI is InChI=1S/C30H28Cl2F2N2O3S2/c1-35(32)20-10-12-21(13-11-20)36(30(37)29-27(31)26-23(33)14-15-24(34)28(26)40-29)17-18-6-5-7-19(16-18)22-8-3-4-9-25(22)41(2,38)39/h3-9,14-16,20-21H,10-13,17H2,1-2H3/t20-,21-. The van der Waals surface area contributed by atoms with Gasteiger partial charge in [0.15, 0.2) is 9.84 Å². The van der Waals surface area contributed by atoms with Crippen molar-refractivity contribution >= 4 is 60.5 Å².